The van der Waals surface area contributed by atoms with Gasteiger partial charge < -0.3 is 0 Å². The van der Waals surface area contributed by atoms with Crippen LogP contribution in [0, 0.1) is 12.7 Å². The summed E-state index contributed by atoms with van der Waals surface area (Å²) >= 11 is 0. The van der Waals surface area contributed by atoms with Gasteiger partial charge in [0.2, 0.25) is 0 Å². The van der Waals surface area contributed by atoms with Crippen molar-refractivity contribution in [1.29, 1.82) is 0 Å². The van der Waals surface area contributed by atoms with Crippen LogP contribution in [0.4, 0.5) is 0 Å². The monoisotopic (exact) mass is 341 g/mol. The molecule has 0 fully saturated rings. The number of nitrogens with zero attached hydrogens (tertiary/aromatic N) is 1. The molecule has 4 nitrogen and oxygen atoms in total. The summed E-state index contributed by atoms with van der Waals surface area (Å²) in [6.07, 6.45) is 1.30. The van der Waals surface area contributed by atoms with E-state index in [2.05, 4.69) is 10.3 Å². The first-order valence-electron chi connectivity index (χ1n) is 6.48. The van der Waals surface area contributed by atoms with Crippen molar-refractivity contribution in [2.45, 2.75) is 16.7 Å². The summed E-state index contributed by atoms with van der Waals surface area (Å²) in [5.41, 5.74) is 0.931. The van der Waals surface area contributed by atoms with Gasteiger partial charge in [-0.05, 0) is 31.2 Å². The summed E-state index contributed by atoms with van der Waals surface area (Å²) in [6.45, 7) is 5.35. The zero-order chi connectivity index (χ0) is 16.2. The summed E-state index contributed by atoms with van der Waals surface area (Å²) in [5.74, 6) is 1.22. The molecule has 1 unspecified atom stereocenters. The molecule has 0 aliphatic heterocycles. The Morgan fingerprint density at radius 3 is 2.04 bits per heavy atom. The molecule has 2 aromatic rings. The van der Waals surface area contributed by atoms with Crippen LogP contribution in [0.25, 0.3) is 0 Å². The van der Waals surface area contributed by atoms with Crippen LogP contribution in [0.2, 0.25) is 0 Å². The molecule has 0 aliphatic rings. The second-order valence-electron chi connectivity index (χ2n) is 4.62. The van der Waals surface area contributed by atoms with Gasteiger partial charge in [-0.1, -0.05) is 35.9 Å². The van der Waals surface area contributed by atoms with Gasteiger partial charge in [-0.25, -0.2) is 12.7 Å². The summed E-state index contributed by atoms with van der Waals surface area (Å²) in [5, 5.41) is 0. The molecule has 1 atom stereocenters. The van der Waals surface area contributed by atoms with Gasteiger partial charge in [-0.3, -0.25) is 4.21 Å². The van der Waals surface area contributed by atoms with E-state index in [-0.39, 0.29) is 23.8 Å². The second kappa shape index (κ2) is 7.89. The number of rotatable bonds is 5. The number of sulfonamides is 1. The van der Waals surface area contributed by atoms with Crippen molar-refractivity contribution < 1.29 is 31.5 Å². The maximum Gasteiger partial charge on any atom is 1.00 e. The molecule has 0 aliphatic carbocycles. The van der Waals surface area contributed by atoms with Crippen molar-refractivity contribution in [2.75, 3.05) is 0 Å². The minimum absolute atomic E-state index is 0. The van der Waals surface area contributed by atoms with E-state index in [1.807, 2.05) is 6.92 Å². The van der Waals surface area contributed by atoms with Crippen LogP contribution in [0.15, 0.2) is 80.8 Å². The molecule has 0 saturated heterocycles. The number of hydrogen-bond acceptors (Lipinski definition) is 3. The van der Waals surface area contributed by atoms with Gasteiger partial charge in [-0.2, -0.15) is 8.42 Å². The molecule has 23 heavy (non-hydrogen) atoms. The maximum absolute atomic E-state index is 13.0. The van der Waals surface area contributed by atoms with Crippen molar-refractivity contribution >= 4 is 19.8 Å². The van der Waals surface area contributed by atoms with Crippen molar-refractivity contribution in [3.05, 3.63) is 78.6 Å². The maximum atomic E-state index is 13.0. The summed E-state index contributed by atoms with van der Waals surface area (Å²) in [6, 6.07) is 14.5. The Morgan fingerprint density at radius 1 is 0.957 bits per heavy atom. The molecule has 0 aromatic heterocycles. The fourth-order valence-electron chi connectivity index (χ4n) is 1.79. The van der Waals surface area contributed by atoms with Crippen LogP contribution < -0.4 is 18.9 Å². The third-order valence-electron chi connectivity index (χ3n) is 2.89. The Bertz CT molecular complexity index is 883. The van der Waals surface area contributed by atoms with Crippen LogP contribution in [-0.2, 0) is 19.8 Å². The minimum atomic E-state index is -4.03. The van der Waals surface area contributed by atoms with Gasteiger partial charge >= 0.3 is 18.9 Å². The first-order valence-corrected chi connectivity index (χ1v) is 9.50. The molecule has 0 saturated carbocycles. The number of benzene rings is 2. The van der Waals surface area contributed by atoms with Gasteiger partial charge in [0, 0.05) is 14.6 Å². The molecule has 0 heterocycles. The Labute approximate surface area is 150 Å². The minimum Gasteiger partial charge on any atom is -0.258 e. The van der Waals surface area contributed by atoms with Crippen LogP contribution in [0.1, 0.15) is 5.56 Å². The van der Waals surface area contributed by atoms with Crippen LogP contribution >= 0.6 is 0 Å². The van der Waals surface area contributed by atoms with Crippen LogP contribution in [-0.4, -0.2) is 12.6 Å². The van der Waals surface area contributed by atoms with E-state index < -0.39 is 19.8 Å². The molecule has 116 valence electrons. The first-order chi connectivity index (χ1) is 10.4. The molecule has 0 amide bonds. The van der Waals surface area contributed by atoms with Gasteiger partial charge in [-0.15, -0.1) is 9.52 Å². The number of hydrogen-bond donors (Lipinski definition) is 0. The zero-order valence-corrected chi connectivity index (χ0v) is 14.7. The van der Waals surface area contributed by atoms with Gasteiger partial charge in [0.15, 0.2) is 0 Å². The Kier molecular flexibility index (Phi) is 6.72. The third kappa shape index (κ3) is 4.76. The normalized spacial score (nSPS) is 13.3. The molecule has 0 spiro atoms. The largest absolute Gasteiger partial charge is 1.00 e. The van der Waals surface area contributed by atoms with E-state index in [4.69, 9.17) is 0 Å². The Hall–Kier alpha value is -1.45. The summed E-state index contributed by atoms with van der Waals surface area (Å²) in [7, 11) is -7.27. The van der Waals surface area contributed by atoms with E-state index in [0.29, 0.717) is 4.90 Å². The first kappa shape index (κ1) is 19.6. The Balaban J connectivity index is 0.00000264. The Morgan fingerprint density at radius 2 is 1.52 bits per heavy atom. The summed E-state index contributed by atoms with van der Waals surface area (Å²) in [4.78, 5) is 0.338. The fourth-order valence-corrected chi connectivity index (χ4v) is 5.29. The third-order valence-corrected chi connectivity index (χ3v) is 6.94. The van der Waals surface area contributed by atoms with Crippen molar-refractivity contribution in [2.24, 2.45) is 3.77 Å². The van der Waals surface area contributed by atoms with Gasteiger partial charge in [0.1, 0.15) is 0 Å². The van der Waals surface area contributed by atoms with E-state index in [9.17, 15) is 12.6 Å². The van der Waals surface area contributed by atoms with Crippen molar-refractivity contribution in [1.82, 2.24) is 0 Å². The standard InChI is InChI=1S/C16H16NO3S2.Li/c1-3-13-21(18,15-7-5-4-6-8-15)17-22(19,20)16-11-9-14(2)10-12-16;/h3-13H,1H2,2H3;/q-1;+1. The molecule has 0 radical (unpaired) electrons. The van der Waals surface area contributed by atoms with Crippen molar-refractivity contribution in [3.8, 4) is 0 Å². The van der Waals surface area contributed by atoms with Crippen LogP contribution in [0.5, 0.6) is 0 Å². The quantitative estimate of drug-likeness (QED) is 0.590. The SMILES string of the molecule is C=C[CH-]S(=O)(=NS(=O)(=O)c1ccc(C)cc1)c1ccccc1.[Li+]. The number of aryl methyl sites for hydroxylation is 1. The zero-order valence-electron chi connectivity index (χ0n) is 13.0. The molecule has 0 bridgehead atoms. The van der Waals surface area contributed by atoms with Gasteiger partial charge in [0.05, 0.1) is 4.90 Å². The molecule has 2 aromatic carbocycles. The van der Waals surface area contributed by atoms with Crippen molar-refractivity contribution in [3.63, 3.8) is 0 Å². The van der Waals surface area contributed by atoms with E-state index in [1.165, 1.54) is 24.0 Å². The molecule has 0 N–H and O–H groups in total. The predicted octanol–water partition coefficient (Wildman–Crippen LogP) is 0.563. The molecule has 2 rings (SSSR count). The second-order valence-corrected chi connectivity index (χ2v) is 8.51. The average Bonchev–Trinajstić information content (AvgIpc) is 2.48. The molecular weight excluding hydrogens is 325 g/mol. The smallest absolute Gasteiger partial charge is 0.258 e. The molecular formula is C16H16LiNO3S2. The van der Waals surface area contributed by atoms with E-state index >= 15 is 0 Å². The van der Waals surface area contributed by atoms with E-state index in [1.54, 1.807) is 42.5 Å². The van der Waals surface area contributed by atoms with E-state index in [0.717, 1.165) is 5.56 Å². The average molecular weight is 341 g/mol. The van der Waals surface area contributed by atoms with Crippen LogP contribution in [0.3, 0.4) is 0 Å². The fraction of sp³-hybridized carbons (Fsp3) is 0.0625. The predicted molar refractivity (Wildman–Crippen MR) is 88.1 cm³/mol. The van der Waals surface area contributed by atoms with Gasteiger partial charge in [0.25, 0.3) is 10.0 Å². The summed E-state index contributed by atoms with van der Waals surface area (Å²) < 4.78 is 41.5. The topological polar surface area (TPSA) is 63.6 Å². The molecule has 7 heteroatoms.